The van der Waals surface area contributed by atoms with Crippen molar-refractivity contribution in [3.05, 3.63) is 71.1 Å². The molecular formula is C25H24N4O2. The maximum Gasteiger partial charge on any atom is 0.339 e. The van der Waals surface area contributed by atoms with Gasteiger partial charge in [0.25, 0.3) is 0 Å². The lowest BCUT2D eigenvalue weighted by Crippen LogP contribution is -2.49. The highest BCUT2D eigenvalue weighted by atomic mass is 16.5. The Morgan fingerprint density at radius 3 is 2.61 bits per heavy atom. The van der Waals surface area contributed by atoms with Crippen molar-refractivity contribution in [1.29, 1.82) is 5.26 Å². The van der Waals surface area contributed by atoms with Crippen LogP contribution in [0.4, 0.5) is 5.69 Å². The van der Waals surface area contributed by atoms with Gasteiger partial charge in [0.1, 0.15) is 0 Å². The van der Waals surface area contributed by atoms with Gasteiger partial charge >= 0.3 is 5.97 Å². The molecule has 0 bridgehead atoms. The summed E-state index contributed by atoms with van der Waals surface area (Å²) in [6.45, 7) is 3.93. The average Bonchev–Trinajstić information content (AvgIpc) is 3.32. The molecule has 4 rings (SSSR count). The lowest BCUT2D eigenvalue weighted by atomic mass is 10.1. The first-order valence-electron chi connectivity index (χ1n) is 10.4. The number of piperazine rings is 1. The van der Waals surface area contributed by atoms with E-state index in [-0.39, 0.29) is 0 Å². The maximum absolute atomic E-state index is 11.9. The number of nitriles is 1. The van der Waals surface area contributed by atoms with Gasteiger partial charge in [0.15, 0.2) is 0 Å². The summed E-state index contributed by atoms with van der Waals surface area (Å²) in [5.74, 6) is 5.93. The highest BCUT2D eigenvalue weighted by Crippen LogP contribution is 2.25. The van der Waals surface area contributed by atoms with E-state index in [1.165, 1.54) is 12.8 Å². The number of aromatic nitrogens is 1. The summed E-state index contributed by atoms with van der Waals surface area (Å²) < 4.78 is 4.82. The smallest absolute Gasteiger partial charge is 0.339 e. The Kier molecular flexibility index (Phi) is 6.31. The zero-order chi connectivity index (χ0) is 21.6. The van der Waals surface area contributed by atoms with Gasteiger partial charge in [0.2, 0.25) is 0 Å². The number of hydrogen-bond acceptors (Lipinski definition) is 6. The van der Waals surface area contributed by atoms with Gasteiger partial charge in [-0.25, -0.2) is 4.79 Å². The molecule has 1 atom stereocenters. The lowest BCUT2D eigenvalue weighted by Gasteiger charge is -2.38. The minimum absolute atomic E-state index is 0.398. The molecule has 1 aliphatic heterocycles. The zero-order valence-electron chi connectivity index (χ0n) is 17.5. The first-order valence-corrected chi connectivity index (χ1v) is 10.4. The average molecular weight is 412 g/mol. The number of hydrogen-bond donors (Lipinski definition) is 0. The number of ether oxygens (including phenoxy) is 1. The van der Waals surface area contributed by atoms with Crippen LogP contribution in [0, 0.1) is 23.2 Å². The van der Waals surface area contributed by atoms with Crippen LogP contribution in [-0.4, -0.2) is 55.2 Å². The molecule has 0 N–H and O–H groups in total. The predicted octanol–water partition coefficient (Wildman–Crippen LogP) is 3.00. The molecule has 156 valence electrons. The highest BCUT2D eigenvalue weighted by molar-refractivity contribution is 5.92. The lowest BCUT2D eigenvalue weighted by molar-refractivity contribution is 0.0600. The van der Waals surface area contributed by atoms with E-state index in [2.05, 4.69) is 38.8 Å². The van der Waals surface area contributed by atoms with E-state index < -0.39 is 5.97 Å². The molecule has 1 aliphatic carbocycles. The molecule has 1 saturated heterocycles. The molecule has 0 spiro atoms. The molecule has 0 saturated carbocycles. The molecular weight excluding hydrogens is 388 g/mol. The number of allylic oxidation sites excluding steroid dienone is 1. The van der Waals surface area contributed by atoms with Crippen molar-refractivity contribution in [2.24, 2.45) is 0 Å². The fourth-order valence-electron chi connectivity index (χ4n) is 4.08. The fourth-order valence-corrected chi connectivity index (χ4v) is 4.08. The minimum atomic E-state index is -0.398. The van der Waals surface area contributed by atoms with Gasteiger partial charge in [-0.2, -0.15) is 5.26 Å². The Morgan fingerprint density at radius 2 is 1.90 bits per heavy atom. The number of methoxy groups -OCH3 is 1. The summed E-state index contributed by atoms with van der Waals surface area (Å²) >= 11 is 0. The number of pyridine rings is 1. The van der Waals surface area contributed by atoms with Crippen LogP contribution in [0.5, 0.6) is 0 Å². The Hall–Kier alpha value is -3.61. The van der Waals surface area contributed by atoms with Crippen molar-refractivity contribution < 1.29 is 9.53 Å². The maximum atomic E-state index is 11.9. The second-order valence-corrected chi connectivity index (χ2v) is 7.64. The van der Waals surface area contributed by atoms with Crippen molar-refractivity contribution in [3.8, 4) is 17.9 Å². The third-order valence-corrected chi connectivity index (χ3v) is 5.83. The third kappa shape index (κ3) is 4.77. The zero-order valence-corrected chi connectivity index (χ0v) is 17.5. The third-order valence-electron chi connectivity index (χ3n) is 5.83. The second kappa shape index (κ2) is 9.47. The number of rotatable bonds is 3. The summed E-state index contributed by atoms with van der Waals surface area (Å²) in [4.78, 5) is 20.9. The largest absolute Gasteiger partial charge is 0.465 e. The van der Waals surface area contributed by atoms with Crippen LogP contribution in [0.3, 0.4) is 0 Å². The molecule has 6 nitrogen and oxygen atoms in total. The standard InChI is InChI=1S/C25H24N4O2/c1-31-25(30)24-10-11-27-18-21(24)6-2-19-3-9-23(16-19)29-14-12-28(13-15-29)22-7-4-20(17-26)5-8-22/h4-5,7-8,10-11,16,18,23H,3,9,12-15H2,1H3/t23-/m1/s1. The minimum Gasteiger partial charge on any atom is -0.465 e. The van der Waals surface area contributed by atoms with Crippen LogP contribution in [0.2, 0.25) is 0 Å². The molecule has 2 aliphatic rings. The Labute approximate surface area is 182 Å². The summed E-state index contributed by atoms with van der Waals surface area (Å²) in [6, 6.07) is 12.0. The molecule has 1 aromatic heterocycles. The Morgan fingerprint density at radius 1 is 1.13 bits per heavy atom. The van der Waals surface area contributed by atoms with Crippen LogP contribution in [0.1, 0.15) is 34.3 Å². The van der Waals surface area contributed by atoms with Crippen molar-refractivity contribution in [2.45, 2.75) is 18.9 Å². The van der Waals surface area contributed by atoms with Gasteiger partial charge in [-0.05, 0) is 43.2 Å². The molecule has 0 unspecified atom stereocenters. The summed E-state index contributed by atoms with van der Waals surface area (Å²) in [5, 5.41) is 8.96. The van der Waals surface area contributed by atoms with Crippen molar-refractivity contribution in [1.82, 2.24) is 9.88 Å². The summed E-state index contributed by atoms with van der Waals surface area (Å²) in [7, 11) is 1.37. The summed E-state index contributed by atoms with van der Waals surface area (Å²) in [5.41, 5.74) is 4.01. The van der Waals surface area contributed by atoms with Crippen molar-refractivity contribution in [3.63, 3.8) is 0 Å². The van der Waals surface area contributed by atoms with Gasteiger partial charge < -0.3 is 9.64 Å². The molecule has 2 aromatic rings. The van der Waals surface area contributed by atoms with Crippen LogP contribution in [0.15, 0.2) is 54.4 Å². The fraction of sp³-hybridized carbons (Fsp3) is 0.320. The Balaban J connectivity index is 1.37. The number of benzene rings is 1. The van der Waals surface area contributed by atoms with Gasteiger partial charge in [0, 0.05) is 55.9 Å². The first kappa shape index (κ1) is 20.7. The topological polar surface area (TPSA) is 69.5 Å². The van der Waals surface area contributed by atoms with E-state index in [1.807, 2.05) is 24.3 Å². The molecule has 1 aromatic carbocycles. The highest BCUT2D eigenvalue weighted by Gasteiger charge is 2.25. The van der Waals surface area contributed by atoms with Crippen molar-refractivity contribution >= 4 is 11.7 Å². The monoisotopic (exact) mass is 412 g/mol. The van der Waals surface area contributed by atoms with E-state index in [0.29, 0.717) is 22.7 Å². The number of esters is 1. The van der Waals surface area contributed by atoms with E-state index in [0.717, 1.165) is 44.6 Å². The normalized spacial score (nSPS) is 18.5. The quantitative estimate of drug-likeness (QED) is 0.570. The number of anilines is 1. The molecule has 2 heterocycles. The van der Waals surface area contributed by atoms with Crippen LogP contribution in [0.25, 0.3) is 0 Å². The van der Waals surface area contributed by atoms with E-state index in [9.17, 15) is 4.79 Å². The van der Waals surface area contributed by atoms with Crippen LogP contribution in [-0.2, 0) is 4.74 Å². The molecule has 1 fully saturated rings. The number of nitrogens with zero attached hydrogens (tertiary/aromatic N) is 4. The SMILES string of the molecule is COC(=O)c1ccncc1C#CC1=C[C@H](N2CCN(c3ccc(C#N)cc3)CC2)CC1. The summed E-state index contributed by atoms with van der Waals surface area (Å²) in [6.07, 6.45) is 7.45. The van der Waals surface area contributed by atoms with Gasteiger partial charge in [-0.3, -0.25) is 9.88 Å². The number of carbonyl (C=O) groups excluding carboxylic acids is 1. The van der Waals surface area contributed by atoms with Crippen molar-refractivity contribution in [2.75, 3.05) is 38.2 Å². The molecule has 6 heteroatoms. The molecule has 0 radical (unpaired) electrons. The van der Waals surface area contributed by atoms with Crippen LogP contribution >= 0.6 is 0 Å². The predicted molar refractivity (Wildman–Crippen MR) is 119 cm³/mol. The van der Waals surface area contributed by atoms with Gasteiger partial charge in [0.05, 0.1) is 29.9 Å². The van der Waals surface area contributed by atoms with Crippen LogP contribution < -0.4 is 4.90 Å². The Bertz CT molecular complexity index is 1080. The van der Waals surface area contributed by atoms with E-state index >= 15 is 0 Å². The number of carbonyl (C=O) groups is 1. The van der Waals surface area contributed by atoms with Gasteiger partial charge in [-0.15, -0.1) is 0 Å². The second-order valence-electron chi connectivity index (χ2n) is 7.64. The molecule has 0 amide bonds. The molecule has 31 heavy (non-hydrogen) atoms. The van der Waals surface area contributed by atoms with Gasteiger partial charge in [-0.1, -0.05) is 17.9 Å². The first-order chi connectivity index (χ1) is 15.2. The van der Waals surface area contributed by atoms with E-state index in [1.54, 1.807) is 18.5 Å². The van der Waals surface area contributed by atoms with E-state index in [4.69, 9.17) is 10.00 Å².